The number of ether oxygens (including phenoxy) is 1. The molecule has 0 aromatic heterocycles. The van der Waals surface area contributed by atoms with Crippen molar-refractivity contribution in [3.05, 3.63) is 35.4 Å². The SMILES string of the molecule is N/C(=N/O)c1cccc(CNN2CCOCC2)c1. The summed E-state index contributed by atoms with van der Waals surface area (Å²) in [7, 11) is 0. The van der Waals surface area contributed by atoms with E-state index in [9.17, 15) is 0 Å². The summed E-state index contributed by atoms with van der Waals surface area (Å²) in [5.41, 5.74) is 10.7. The van der Waals surface area contributed by atoms with Crippen molar-refractivity contribution in [1.29, 1.82) is 0 Å². The van der Waals surface area contributed by atoms with Gasteiger partial charge in [-0.2, -0.15) is 0 Å². The van der Waals surface area contributed by atoms with Gasteiger partial charge in [-0.25, -0.2) is 5.01 Å². The normalized spacial score (nSPS) is 17.9. The third kappa shape index (κ3) is 3.43. The van der Waals surface area contributed by atoms with E-state index in [1.807, 2.05) is 24.3 Å². The number of rotatable bonds is 4. The molecule has 0 bridgehead atoms. The maximum atomic E-state index is 8.64. The minimum absolute atomic E-state index is 0.128. The molecule has 0 saturated carbocycles. The highest BCUT2D eigenvalue weighted by Crippen LogP contribution is 2.05. The van der Waals surface area contributed by atoms with Crippen molar-refractivity contribution in [2.24, 2.45) is 10.9 Å². The van der Waals surface area contributed by atoms with Gasteiger partial charge >= 0.3 is 0 Å². The molecular formula is C12H18N4O2. The van der Waals surface area contributed by atoms with Gasteiger partial charge in [0.2, 0.25) is 0 Å². The summed E-state index contributed by atoms with van der Waals surface area (Å²) in [5, 5.41) is 13.8. The second kappa shape index (κ2) is 6.34. The second-order valence-electron chi connectivity index (χ2n) is 4.12. The first kappa shape index (κ1) is 12.8. The van der Waals surface area contributed by atoms with Crippen LogP contribution in [-0.4, -0.2) is 42.4 Å². The number of oxime groups is 1. The first-order chi connectivity index (χ1) is 8.79. The zero-order valence-electron chi connectivity index (χ0n) is 10.2. The third-order valence-corrected chi connectivity index (χ3v) is 2.85. The van der Waals surface area contributed by atoms with Gasteiger partial charge in [-0.3, -0.25) is 5.43 Å². The van der Waals surface area contributed by atoms with Crippen molar-refractivity contribution < 1.29 is 9.94 Å². The lowest BCUT2D eigenvalue weighted by atomic mass is 10.1. The number of amidine groups is 1. The molecule has 0 spiro atoms. The molecule has 0 atom stereocenters. The van der Waals surface area contributed by atoms with Crippen LogP contribution in [0.4, 0.5) is 0 Å². The van der Waals surface area contributed by atoms with Crippen molar-refractivity contribution in [3.8, 4) is 0 Å². The molecule has 1 heterocycles. The van der Waals surface area contributed by atoms with Crippen molar-refractivity contribution >= 4 is 5.84 Å². The van der Waals surface area contributed by atoms with Crippen molar-refractivity contribution in [2.75, 3.05) is 26.3 Å². The zero-order chi connectivity index (χ0) is 12.8. The fraction of sp³-hybridized carbons (Fsp3) is 0.417. The number of morpholine rings is 1. The van der Waals surface area contributed by atoms with Crippen LogP contribution in [0.25, 0.3) is 0 Å². The molecule has 1 aromatic carbocycles. The monoisotopic (exact) mass is 250 g/mol. The molecule has 1 aromatic rings. The van der Waals surface area contributed by atoms with Gasteiger partial charge in [0.05, 0.1) is 13.2 Å². The lowest BCUT2D eigenvalue weighted by molar-refractivity contribution is 0.0106. The number of hydrogen-bond acceptors (Lipinski definition) is 5. The van der Waals surface area contributed by atoms with Crippen LogP contribution >= 0.6 is 0 Å². The van der Waals surface area contributed by atoms with Crippen LogP contribution in [0.3, 0.4) is 0 Å². The van der Waals surface area contributed by atoms with Crippen LogP contribution in [0.5, 0.6) is 0 Å². The fourth-order valence-corrected chi connectivity index (χ4v) is 1.82. The number of hydrazine groups is 1. The molecule has 18 heavy (non-hydrogen) atoms. The second-order valence-corrected chi connectivity index (χ2v) is 4.12. The number of benzene rings is 1. The summed E-state index contributed by atoms with van der Waals surface area (Å²) in [4.78, 5) is 0. The summed E-state index contributed by atoms with van der Waals surface area (Å²) in [6, 6.07) is 7.61. The Morgan fingerprint density at radius 1 is 1.44 bits per heavy atom. The van der Waals surface area contributed by atoms with E-state index < -0.39 is 0 Å². The Balaban J connectivity index is 1.92. The average molecular weight is 250 g/mol. The number of nitrogens with two attached hydrogens (primary N) is 1. The summed E-state index contributed by atoms with van der Waals surface area (Å²) < 4.78 is 5.28. The summed E-state index contributed by atoms with van der Waals surface area (Å²) in [6.45, 7) is 4.01. The highest BCUT2D eigenvalue weighted by molar-refractivity contribution is 5.97. The molecule has 0 amide bonds. The predicted molar refractivity (Wildman–Crippen MR) is 68.2 cm³/mol. The van der Waals surface area contributed by atoms with Crippen LogP contribution < -0.4 is 11.2 Å². The van der Waals surface area contributed by atoms with Gasteiger partial charge in [-0.1, -0.05) is 23.4 Å². The maximum absolute atomic E-state index is 8.64. The Labute approximate surface area is 106 Å². The number of nitrogens with zero attached hydrogens (tertiary/aromatic N) is 2. The van der Waals surface area contributed by atoms with Crippen LogP contribution in [0.2, 0.25) is 0 Å². The van der Waals surface area contributed by atoms with Gasteiger partial charge in [-0.05, 0) is 11.6 Å². The van der Waals surface area contributed by atoms with Gasteiger partial charge in [0.25, 0.3) is 0 Å². The first-order valence-corrected chi connectivity index (χ1v) is 5.92. The molecule has 4 N–H and O–H groups in total. The largest absolute Gasteiger partial charge is 0.409 e. The third-order valence-electron chi connectivity index (χ3n) is 2.85. The summed E-state index contributed by atoms with van der Waals surface area (Å²) in [5.74, 6) is 0.128. The molecule has 1 aliphatic rings. The molecule has 6 heteroatoms. The van der Waals surface area contributed by atoms with Crippen LogP contribution in [0, 0.1) is 0 Å². The van der Waals surface area contributed by atoms with E-state index in [1.54, 1.807) is 0 Å². The lowest BCUT2D eigenvalue weighted by Gasteiger charge is -2.27. The Kier molecular flexibility index (Phi) is 4.52. The summed E-state index contributed by atoms with van der Waals surface area (Å²) in [6.07, 6.45) is 0. The van der Waals surface area contributed by atoms with E-state index in [0.29, 0.717) is 6.54 Å². The Morgan fingerprint density at radius 3 is 2.94 bits per heavy atom. The lowest BCUT2D eigenvalue weighted by Crippen LogP contribution is -2.45. The quantitative estimate of drug-likeness (QED) is 0.306. The molecule has 1 fully saturated rings. The van der Waals surface area contributed by atoms with E-state index >= 15 is 0 Å². The molecule has 2 rings (SSSR count). The van der Waals surface area contributed by atoms with Crippen molar-refractivity contribution in [1.82, 2.24) is 10.4 Å². The van der Waals surface area contributed by atoms with Gasteiger partial charge in [-0.15, -0.1) is 0 Å². The van der Waals surface area contributed by atoms with E-state index in [1.165, 1.54) is 0 Å². The highest BCUT2D eigenvalue weighted by atomic mass is 16.5. The molecule has 1 saturated heterocycles. The van der Waals surface area contributed by atoms with Crippen LogP contribution in [0.1, 0.15) is 11.1 Å². The van der Waals surface area contributed by atoms with Crippen LogP contribution in [-0.2, 0) is 11.3 Å². The van der Waals surface area contributed by atoms with Crippen LogP contribution in [0.15, 0.2) is 29.4 Å². The molecule has 1 aliphatic heterocycles. The maximum Gasteiger partial charge on any atom is 0.170 e. The minimum atomic E-state index is 0.128. The Morgan fingerprint density at radius 2 is 2.22 bits per heavy atom. The van der Waals surface area contributed by atoms with E-state index in [2.05, 4.69) is 15.6 Å². The topological polar surface area (TPSA) is 83.1 Å². The Hall–Kier alpha value is -1.63. The minimum Gasteiger partial charge on any atom is -0.409 e. The molecule has 0 aliphatic carbocycles. The first-order valence-electron chi connectivity index (χ1n) is 5.92. The fourth-order valence-electron chi connectivity index (χ4n) is 1.82. The van der Waals surface area contributed by atoms with Gasteiger partial charge in [0.1, 0.15) is 0 Å². The number of nitrogens with one attached hydrogen (secondary N) is 1. The molecule has 0 unspecified atom stereocenters. The van der Waals surface area contributed by atoms with Gasteiger partial charge in [0, 0.05) is 25.2 Å². The molecule has 6 nitrogen and oxygen atoms in total. The number of hydrogen-bond donors (Lipinski definition) is 3. The standard InChI is InChI=1S/C12H18N4O2/c13-12(15-17)11-3-1-2-10(8-11)9-14-16-4-6-18-7-5-16/h1-3,8,14,17H,4-7,9H2,(H2,13,15). The van der Waals surface area contributed by atoms with E-state index in [-0.39, 0.29) is 5.84 Å². The smallest absolute Gasteiger partial charge is 0.170 e. The van der Waals surface area contributed by atoms with Gasteiger partial charge in [0.15, 0.2) is 5.84 Å². The Bertz CT molecular complexity index is 416. The zero-order valence-corrected chi connectivity index (χ0v) is 10.2. The highest BCUT2D eigenvalue weighted by Gasteiger charge is 2.09. The summed E-state index contributed by atoms with van der Waals surface area (Å²) >= 11 is 0. The van der Waals surface area contributed by atoms with E-state index in [0.717, 1.165) is 37.4 Å². The molecular weight excluding hydrogens is 232 g/mol. The van der Waals surface area contributed by atoms with Crippen molar-refractivity contribution in [2.45, 2.75) is 6.54 Å². The predicted octanol–water partition coefficient (Wildman–Crippen LogP) is 0.118. The van der Waals surface area contributed by atoms with Crippen molar-refractivity contribution in [3.63, 3.8) is 0 Å². The average Bonchev–Trinajstić information content (AvgIpc) is 2.45. The van der Waals surface area contributed by atoms with Gasteiger partial charge < -0.3 is 15.7 Å². The molecule has 0 radical (unpaired) electrons. The van der Waals surface area contributed by atoms with E-state index in [4.69, 9.17) is 15.7 Å². The molecule has 98 valence electrons.